The summed E-state index contributed by atoms with van der Waals surface area (Å²) < 4.78 is 27.3. The predicted molar refractivity (Wildman–Crippen MR) is 151 cm³/mol. The molecule has 0 aliphatic carbocycles. The zero-order chi connectivity index (χ0) is 27.7. The van der Waals surface area contributed by atoms with Gasteiger partial charge in [0.1, 0.15) is 6.04 Å². The van der Waals surface area contributed by atoms with E-state index in [0.29, 0.717) is 22.2 Å². The van der Waals surface area contributed by atoms with Gasteiger partial charge in [-0.05, 0) is 47.9 Å². The standard InChI is InChI=1S/C28H31Cl2N3O4S/c1-3-17-31-28(35)26(18-21-9-5-4-6-10-21)33(19-22-11-7-8-12-25(22)30)27(34)20-32(2)38(36,37)24-15-13-23(29)14-16-24/h4-16,26H,3,17-20H2,1-2H3,(H,31,35)/t26-/m1/s1. The molecule has 0 heterocycles. The molecule has 2 amide bonds. The van der Waals surface area contributed by atoms with E-state index in [0.717, 1.165) is 16.3 Å². The second kappa shape index (κ2) is 13.8. The molecule has 0 radical (unpaired) electrons. The van der Waals surface area contributed by atoms with Crippen LogP contribution in [0.1, 0.15) is 24.5 Å². The Kier molecular flexibility index (Phi) is 10.7. The van der Waals surface area contributed by atoms with Gasteiger partial charge in [0.2, 0.25) is 21.8 Å². The minimum atomic E-state index is -3.98. The molecule has 7 nitrogen and oxygen atoms in total. The number of benzene rings is 3. The number of sulfonamides is 1. The molecule has 0 saturated carbocycles. The molecule has 3 aromatic rings. The SMILES string of the molecule is CCCNC(=O)[C@@H](Cc1ccccc1)N(Cc1ccccc1Cl)C(=O)CN(C)S(=O)(=O)c1ccc(Cl)cc1. The summed E-state index contributed by atoms with van der Waals surface area (Å²) in [6.45, 7) is 1.95. The van der Waals surface area contributed by atoms with Crippen LogP contribution in [0.3, 0.4) is 0 Å². The first-order valence-corrected chi connectivity index (χ1v) is 14.4. The van der Waals surface area contributed by atoms with Gasteiger partial charge in [-0.25, -0.2) is 8.42 Å². The maximum Gasteiger partial charge on any atom is 0.243 e. The van der Waals surface area contributed by atoms with Crippen molar-refractivity contribution in [1.29, 1.82) is 0 Å². The van der Waals surface area contributed by atoms with E-state index in [1.165, 1.54) is 36.2 Å². The van der Waals surface area contributed by atoms with E-state index >= 15 is 0 Å². The Bertz CT molecular complexity index is 1340. The van der Waals surface area contributed by atoms with Crippen molar-refractivity contribution in [3.8, 4) is 0 Å². The Morgan fingerprint density at radius 1 is 0.921 bits per heavy atom. The number of halogens is 2. The maximum atomic E-state index is 13.8. The van der Waals surface area contributed by atoms with E-state index < -0.39 is 28.5 Å². The van der Waals surface area contributed by atoms with E-state index in [9.17, 15) is 18.0 Å². The minimum Gasteiger partial charge on any atom is -0.354 e. The van der Waals surface area contributed by atoms with Crippen LogP contribution >= 0.6 is 23.2 Å². The summed E-state index contributed by atoms with van der Waals surface area (Å²) in [6, 6.07) is 21.3. The number of nitrogens with zero attached hydrogens (tertiary/aromatic N) is 2. The molecule has 0 aliphatic heterocycles. The van der Waals surface area contributed by atoms with Gasteiger partial charge in [0, 0.05) is 36.6 Å². The van der Waals surface area contributed by atoms with E-state index in [1.54, 1.807) is 24.3 Å². The maximum absolute atomic E-state index is 13.8. The number of hydrogen-bond donors (Lipinski definition) is 1. The van der Waals surface area contributed by atoms with E-state index in [4.69, 9.17) is 23.2 Å². The molecule has 1 atom stereocenters. The fourth-order valence-corrected chi connectivity index (χ4v) is 5.32. The third-order valence-electron chi connectivity index (χ3n) is 6.00. The molecular formula is C28H31Cl2N3O4S. The smallest absolute Gasteiger partial charge is 0.243 e. The van der Waals surface area contributed by atoms with Gasteiger partial charge >= 0.3 is 0 Å². The predicted octanol–water partition coefficient (Wildman–Crippen LogP) is 4.78. The lowest BCUT2D eigenvalue weighted by Crippen LogP contribution is -2.53. The summed E-state index contributed by atoms with van der Waals surface area (Å²) in [5.74, 6) is -0.850. The highest BCUT2D eigenvalue weighted by Crippen LogP contribution is 2.22. The van der Waals surface area contributed by atoms with Gasteiger partial charge in [-0.1, -0.05) is 78.7 Å². The number of amides is 2. The highest BCUT2D eigenvalue weighted by molar-refractivity contribution is 7.89. The Balaban J connectivity index is 1.97. The summed E-state index contributed by atoms with van der Waals surface area (Å²) in [5, 5.41) is 3.74. The topological polar surface area (TPSA) is 86.8 Å². The molecule has 38 heavy (non-hydrogen) atoms. The zero-order valence-corrected chi connectivity index (χ0v) is 23.6. The van der Waals surface area contributed by atoms with Gasteiger partial charge < -0.3 is 10.2 Å². The summed E-state index contributed by atoms with van der Waals surface area (Å²) in [6.07, 6.45) is 0.977. The molecule has 0 unspecified atom stereocenters. The van der Waals surface area contributed by atoms with Crippen LogP contribution < -0.4 is 5.32 Å². The third kappa shape index (κ3) is 7.80. The quantitative estimate of drug-likeness (QED) is 0.336. The first-order valence-electron chi connectivity index (χ1n) is 12.2. The van der Waals surface area contributed by atoms with Crippen molar-refractivity contribution in [1.82, 2.24) is 14.5 Å². The molecule has 0 fully saturated rings. The molecule has 1 N–H and O–H groups in total. The lowest BCUT2D eigenvalue weighted by molar-refractivity contribution is -0.141. The largest absolute Gasteiger partial charge is 0.354 e. The van der Waals surface area contributed by atoms with Gasteiger partial charge in [0.25, 0.3) is 0 Å². The van der Waals surface area contributed by atoms with Gasteiger partial charge in [0.05, 0.1) is 11.4 Å². The lowest BCUT2D eigenvalue weighted by atomic mass is 10.0. The average Bonchev–Trinajstić information content (AvgIpc) is 2.91. The highest BCUT2D eigenvalue weighted by Gasteiger charge is 2.33. The fraction of sp³-hybridized carbons (Fsp3) is 0.286. The molecule has 0 aromatic heterocycles. The summed E-state index contributed by atoms with van der Waals surface area (Å²) in [7, 11) is -2.65. The summed E-state index contributed by atoms with van der Waals surface area (Å²) in [4.78, 5) is 28.6. The van der Waals surface area contributed by atoms with Crippen LogP contribution in [-0.2, 0) is 32.6 Å². The Morgan fingerprint density at radius 2 is 1.55 bits per heavy atom. The molecule has 0 bridgehead atoms. The van der Waals surface area contributed by atoms with E-state index in [2.05, 4.69) is 5.32 Å². The van der Waals surface area contributed by atoms with Crippen molar-refractivity contribution in [2.75, 3.05) is 20.1 Å². The number of nitrogens with one attached hydrogen (secondary N) is 1. The van der Waals surface area contributed by atoms with Crippen molar-refractivity contribution in [3.05, 3.63) is 100 Å². The number of rotatable bonds is 12. The van der Waals surface area contributed by atoms with Gasteiger partial charge in [-0.2, -0.15) is 4.31 Å². The molecule has 10 heteroatoms. The number of likely N-dealkylation sites (N-methyl/N-ethyl adjacent to an activating group) is 1. The second-order valence-corrected chi connectivity index (χ2v) is 11.7. The normalized spacial score (nSPS) is 12.2. The summed E-state index contributed by atoms with van der Waals surface area (Å²) >= 11 is 12.3. The van der Waals surface area contributed by atoms with Crippen LogP contribution in [-0.4, -0.2) is 55.6 Å². The number of carbonyl (C=O) groups excluding carboxylic acids is 2. The molecule has 0 saturated heterocycles. The number of carbonyl (C=O) groups is 2. The number of hydrogen-bond acceptors (Lipinski definition) is 4. The van der Waals surface area contributed by atoms with Crippen LogP contribution in [0.5, 0.6) is 0 Å². The molecule has 202 valence electrons. The first-order chi connectivity index (χ1) is 18.1. The van der Waals surface area contributed by atoms with Crippen molar-refractivity contribution in [3.63, 3.8) is 0 Å². The molecule has 3 aromatic carbocycles. The molecule has 3 rings (SSSR count). The Labute approximate surface area is 234 Å². The summed E-state index contributed by atoms with van der Waals surface area (Å²) in [5.41, 5.74) is 1.51. The van der Waals surface area contributed by atoms with Crippen molar-refractivity contribution >= 4 is 45.0 Å². The third-order valence-corrected chi connectivity index (χ3v) is 8.44. The van der Waals surface area contributed by atoms with E-state index in [-0.39, 0.29) is 23.8 Å². The Hall–Kier alpha value is -2.91. The van der Waals surface area contributed by atoms with Gasteiger partial charge in [-0.15, -0.1) is 0 Å². The highest BCUT2D eigenvalue weighted by atomic mass is 35.5. The van der Waals surface area contributed by atoms with E-state index in [1.807, 2.05) is 37.3 Å². The molecule has 0 spiro atoms. The van der Waals surface area contributed by atoms with Gasteiger partial charge in [0.15, 0.2) is 0 Å². The van der Waals surface area contributed by atoms with Crippen molar-refractivity contribution < 1.29 is 18.0 Å². The lowest BCUT2D eigenvalue weighted by Gasteiger charge is -2.33. The van der Waals surface area contributed by atoms with Crippen molar-refractivity contribution in [2.24, 2.45) is 0 Å². The zero-order valence-electron chi connectivity index (χ0n) is 21.3. The van der Waals surface area contributed by atoms with Crippen LogP contribution in [0, 0.1) is 0 Å². The average molecular weight is 577 g/mol. The minimum absolute atomic E-state index is 0.0105. The van der Waals surface area contributed by atoms with Crippen LogP contribution in [0.15, 0.2) is 83.8 Å². The monoisotopic (exact) mass is 575 g/mol. The Morgan fingerprint density at radius 3 is 2.18 bits per heavy atom. The molecule has 0 aliphatic rings. The molecular weight excluding hydrogens is 545 g/mol. The van der Waals surface area contributed by atoms with Crippen LogP contribution in [0.4, 0.5) is 0 Å². The van der Waals surface area contributed by atoms with Crippen LogP contribution in [0.25, 0.3) is 0 Å². The van der Waals surface area contributed by atoms with Crippen molar-refractivity contribution in [2.45, 2.75) is 37.2 Å². The fourth-order valence-electron chi connectivity index (χ4n) is 3.88. The van der Waals surface area contributed by atoms with Gasteiger partial charge in [-0.3, -0.25) is 9.59 Å². The first kappa shape index (κ1) is 29.6. The van der Waals surface area contributed by atoms with Crippen LogP contribution in [0.2, 0.25) is 10.0 Å². The second-order valence-electron chi connectivity index (χ2n) is 8.82.